The molecule has 0 bridgehead atoms. The minimum Gasteiger partial charge on any atom is -0.309 e. The van der Waals surface area contributed by atoms with Crippen LogP contribution in [0.25, 0.3) is 0 Å². The third-order valence-electron chi connectivity index (χ3n) is 3.48. The molecular formula is C15H25NO2S. The Labute approximate surface area is 117 Å². The van der Waals surface area contributed by atoms with Crippen LogP contribution in [-0.4, -0.2) is 26.5 Å². The molecule has 0 saturated carbocycles. The summed E-state index contributed by atoms with van der Waals surface area (Å²) in [6.45, 7) is 6.79. The minimum atomic E-state index is -3.06. The van der Waals surface area contributed by atoms with Crippen LogP contribution in [0.3, 0.4) is 0 Å². The first-order chi connectivity index (χ1) is 8.90. The molecule has 0 heterocycles. The second kappa shape index (κ2) is 7.06. The van der Waals surface area contributed by atoms with Gasteiger partial charge in [0.1, 0.15) is 0 Å². The van der Waals surface area contributed by atoms with E-state index in [1.807, 2.05) is 12.1 Å². The van der Waals surface area contributed by atoms with Gasteiger partial charge in [-0.2, -0.15) is 0 Å². The van der Waals surface area contributed by atoms with E-state index in [2.05, 4.69) is 31.3 Å². The van der Waals surface area contributed by atoms with Crippen molar-refractivity contribution in [2.75, 3.05) is 12.8 Å². The predicted molar refractivity (Wildman–Crippen MR) is 81.2 cm³/mol. The Hall–Kier alpha value is -0.870. The van der Waals surface area contributed by atoms with Crippen LogP contribution in [0.4, 0.5) is 0 Å². The zero-order chi connectivity index (χ0) is 14.5. The van der Waals surface area contributed by atoms with Crippen LogP contribution in [0, 0.1) is 0 Å². The molecular weight excluding hydrogens is 258 g/mol. The number of aryl methyl sites for hydroxylation is 1. The van der Waals surface area contributed by atoms with Crippen LogP contribution >= 0.6 is 0 Å². The van der Waals surface area contributed by atoms with E-state index in [4.69, 9.17) is 0 Å². The third kappa shape index (κ3) is 4.62. The molecule has 1 rings (SSSR count). The quantitative estimate of drug-likeness (QED) is 0.837. The predicted octanol–water partition coefficient (Wildman–Crippen LogP) is 2.72. The normalized spacial score (nSPS) is 15.2. The van der Waals surface area contributed by atoms with Crippen molar-refractivity contribution in [1.29, 1.82) is 0 Å². The smallest absolute Gasteiger partial charge is 0.151 e. The molecule has 1 aromatic rings. The molecule has 0 saturated heterocycles. The second-order valence-electron chi connectivity index (χ2n) is 5.07. The van der Waals surface area contributed by atoms with Crippen molar-refractivity contribution in [2.24, 2.45) is 0 Å². The highest BCUT2D eigenvalue weighted by Gasteiger charge is 2.26. The van der Waals surface area contributed by atoms with Gasteiger partial charge in [0, 0.05) is 12.3 Å². The van der Waals surface area contributed by atoms with E-state index >= 15 is 0 Å². The summed E-state index contributed by atoms with van der Waals surface area (Å²) < 4.78 is 23.6. The Balaban J connectivity index is 3.08. The number of rotatable bonds is 7. The Morgan fingerprint density at radius 3 is 2.47 bits per heavy atom. The van der Waals surface area contributed by atoms with Gasteiger partial charge >= 0.3 is 0 Å². The van der Waals surface area contributed by atoms with Crippen LogP contribution < -0.4 is 5.32 Å². The molecule has 2 unspecified atom stereocenters. The summed E-state index contributed by atoms with van der Waals surface area (Å²) in [6.07, 6.45) is 3.25. The maximum atomic E-state index is 11.8. The molecule has 19 heavy (non-hydrogen) atoms. The molecule has 0 amide bonds. The minimum absolute atomic E-state index is 0.138. The fourth-order valence-electron chi connectivity index (χ4n) is 2.11. The molecule has 0 fully saturated rings. The summed E-state index contributed by atoms with van der Waals surface area (Å²) in [5.74, 6) is 0. The van der Waals surface area contributed by atoms with Crippen LogP contribution in [0.2, 0.25) is 0 Å². The van der Waals surface area contributed by atoms with Crippen LogP contribution in [-0.2, 0) is 16.3 Å². The number of nitrogens with one attached hydrogen (secondary N) is 1. The molecule has 4 heteroatoms. The molecule has 3 nitrogen and oxygen atoms in total. The number of sulfone groups is 1. The number of benzene rings is 1. The topological polar surface area (TPSA) is 46.2 Å². The average Bonchev–Trinajstić information content (AvgIpc) is 2.38. The zero-order valence-corrected chi connectivity index (χ0v) is 13.1. The maximum Gasteiger partial charge on any atom is 0.151 e. The van der Waals surface area contributed by atoms with Crippen molar-refractivity contribution in [3.63, 3.8) is 0 Å². The standard InChI is InChI=1S/C15H25NO2S/c1-5-10-16-15(12(3)19(4,17)18)14-9-7-8-13(6-2)11-14/h7-9,11-12,15-16H,5-6,10H2,1-4H3. The molecule has 0 aliphatic heterocycles. The molecule has 1 N–H and O–H groups in total. The first-order valence-electron chi connectivity index (χ1n) is 6.91. The van der Waals surface area contributed by atoms with Gasteiger partial charge in [-0.15, -0.1) is 0 Å². The Morgan fingerprint density at radius 1 is 1.26 bits per heavy atom. The summed E-state index contributed by atoms with van der Waals surface area (Å²) in [5.41, 5.74) is 2.30. The van der Waals surface area contributed by atoms with E-state index in [-0.39, 0.29) is 6.04 Å². The van der Waals surface area contributed by atoms with E-state index in [0.29, 0.717) is 0 Å². The van der Waals surface area contributed by atoms with E-state index in [1.54, 1.807) is 6.92 Å². The van der Waals surface area contributed by atoms with Gasteiger partial charge in [0.25, 0.3) is 0 Å². The monoisotopic (exact) mass is 283 g/mol. The van der Waals surface area contributed by atoms with Crippen molar-refractivity contribution in [3.05, 3.63) is 35.4 Å². The molecule has 0 aromatic heterocycles. The van der Waals surface area contributed by atoms with Gasteiger partial charge in [-0.1, -0.05) is 38.1 Å². The van der Waals surface area contributed by atoms with E-state index in [1.165, 1.54) is 11.8 Å². The molecule has 0 aliphatic carbocycles. The van der Waals surface area contributed by atoms with Gasteiger partial charge in [0.15, 0.2) is 9.84 Å². The molecule has 0 spiro atoms. The van der Waals surface area contributed by atoms with Crippen LogP contribution in [0.15, 0.2) is 24.3 Å². The van der Waals surface area contributed by atoms with Gasteiger partial charge in [-0.3, -0.25) is 0 Å². The highest BCUT2D eigenvalue weighted by atomic mass is 32.2. The molecule has 1 aromatic carbocycles. The van der Waals surface area contributed by atoms with Gasteiger partial charge in [0.05, 0.1) is 5.25 Å². The lowest BCUT2D eigenvalue weighted by Crippen LogP contribution is -2.35. The largest absolute Gasteiger partial charge is 0.309 e. The first kappa shape index (κ1) is 16.2. The van der Waals surface area contributed by atoms with Crippen molar-refractivity contribution in [3.8, 4) is 0 Å². The van der Waals surface area contributed by atoms with E-state index in [0.717, 1.165) is 24.9 Å². The summed E-state index contributed by atoms with van der Waals surface area (Å²) in [6, 6.07) is 8.06. The lowest BCUT2D eigenvalue weighted by Gasteiger charge is -2.25. The highest BCUT2D eigenvalue weighted by molar-refractivity contribution is 7.91. The Bertz CT molecular complexity index is 497. The third-order valence-corrected chi connectivity index (χ3v) is 5.10. The lowest BCUT2D eigenvalue weighted by atomic mass is 10.0. The number of hydrogen-bond acceptors (Lipinski definition) is 3. The van der Waals surface area contributed by atoms with Gasteiger partial charge in [-0.05, 0) is 37.4 Å². The summed E-state index contributed by atoms with van der Waals surface area (Å²) in [4.78, 5) is 0. The fraction of sp³-hybridized carbons (Fsp3) is 0.600. The Kier molecular flexibility index (Phi) is 6.01. The maximum absolute atomic E-state index is 11.8. The SMILES string of the molecule is CCCNC(c1cccc(CC)c1)C(C)S(C)(=O)=O. The zero-order valence-electron chi connectivity index (χ0n) is 12.3. The molecule has 0 aliphatic rings. The van der Waals surface area contributed by atoms with Crippen LogP contribution in [0.1, 0.15) is 44.4 Å². The summed E-state index contributed by atoms with van der Waals surface area (Å²) >= 11 is 0. The average molecular weight is 283 g/mol. The van der Waals surface area contributed by atoms with Crippen molar-refractivity contribution < 1.29 is 8.42 Å². The highest BCUT2D eigenvalue weighted by Crippen LogP contribution is 2.23. The van der Waals surface area contributed by atoms with Gasteiger partial charge in [-0.25, -0.2) is 8.42 Å². The van der Waals surface area contributed by atoms with Crippen molar-refractivity contribution in [1.82, 2.24) is 5.32 Å². The fourth-order valence-corrected chi connectivity index (χ4v) is 2.86. The van der Waals surface area contributed by atoms with Crippen LogP contribution in [0.5, 0.6) is 0 Å². The second-order valence-corrected chi connectivity index (χ2v) is 7.47. The van der Waals surface area contributed by atoms with E-state index < -0.39 is 15.1 Å². The Morgan fingerprint density at radius 2 is 1.95 bits per heavy atom. The molecule has 108 valence electrons. The first-order valence-corrected chi connectivity index (χ1v) is 8.86. The van der Waals surface area contributed by atoms with Gasteiger partial charge < -0.3 is 5.32 Å². The summed E-state index contributed by atoms with van der Waals surface area (Å²) in [5, 5.41) is 2.94. The lowest BCUT2D eigenvalue weighted by molar-refractivity contribution is 0.500. The molecule has 2 atom stereocenters. The van der Waals surface area contributed by atoms with Crippen molar-refractivity contribution >= 4 is 9.84 Å². The van der Waals surface area contributed by atoms with Gasteiger partial charge in [0.2, 0.25) is 0 Å². The number of hydrogen-bond donors (Lipinski definition) is 1. The molecule has 0 radical (unpaired) electrons. The van der Waals surface area contributed by atoms with Crippen molar-refractivity contribution in [2.45, 2.75) is 44.9 Å². The van der Waals surface area contributed by atoms with E-state index in [9.17, 15) is 8.42 Å². The summed E-state index contributed by atoms with van der Waals surface area (Å²) in [7, 11) is -3.06.